The van der Waals surface area contributed by atoms with Crippen LogP contribution in [0, 0.1) is 0 Å². The summed E-state index contributed by atoms with van der Waals surface area (Å²) in [4.78, 5) is 23.4. The molecule has 10 heteroatoms. The van der Waals surface area contributed by atoms with Crippen LogP contribution in [0.4, 0.5) is 0 Å². The van der Waals surface area contributed by atoms with E-state index >= 15 is 0 Å². The fourth-order valence-corrected chi connectivity index (χ4v) is 3.62. The third-order valence-corrected chi connectivity index (χ3v) is 5.35. The molecule has 1 amide bonds. The minimum Gasteiger partial charge on any atom is -0.340 e. The van der Waals surface area contributed by atoms with Gasteiger partial charge in [-0.05, 0) is 20.0 Å². The third-order valence-electron chi connectivity index (χ3n) is 5.35. The lowest BCUT2D eigenvalue weighted by atomic mass is 10.2. The Morgan fingerprint density at radius 3 is 2.64 bits per heavy atom. The van der Waals surface area contributed by atoms with E-state index in [4.69, 9.17) is 4.52 Å². The van der Waals surface area contributed by atoms with Gasteiger partial charge in [0.15, 0.2) is 5.82 Å². The van der Waals surface area contributed by atoms with Crippen LogP contribution in [0.5, 0.6) is 0 Å². The molecule has 2 aliphatic rings. The fourth-order valence-electron chi connectivity index (χ4n) is 3.62. The van der Waals surface area contributed by atoms with Gasteiger partial charge in [-0.2, -0.15) is 4.98 Å². The molecular formula is C18H34Cl2N6O2. The molecule has 0 spiro atoms. The zero-order valence-electron chi connectivity index (χ0n) is 17.1. The first-order valence-corrected chi connectivity index (χ1v) is 9.76. The number of likely N-dealkylation sites (N-methyl/N-ethyl adjacent to an activating group) is 1. The van der Waals surface area contributed by atoms with E-state index in [2.05, 4.69) is 46.2 Å². The zero-order valence-corrected chi connectivity index (χ0v) is 18.7. The lowest BCUT2D eigenvalue weighted by molar-refractivity contribution is -0.132. The molecule has 0 aromatic carbocycles. The number of hydrogen-bond donors (Lipinski definition) is 1. The standard InChI is InChI=1S/C18H32N6O2.2ClH/c1-14(2)18-20-16(21-26-18)13-22(3)15-4-8-23(12-15)9-5-17(25)24-10-6-19-7-11-24;;/h14-15,19H,4-13H2,1-3H3;2*1H. The quantitative estimate of drug-likeness (QED) is 0.690. The van der Waals surface area contributed by atoms with Crippen molar-refractivity contribution in [1.82, 2.24) is 30.2 Å². The van der Waals surface area contributed by atoms with Crippen molar-refractivity contribution in [1.29, 1.82) is 0 Å². The van der Waals surface area contributed by atoms with E-state index in [1.54, 1.807) is 0 Å². The van der Waals surface area contributed by atoms with Crippen LogP contribution in [-0.2, 0) is 11.3 Å². The van der Waals surface area contributed by atoms with Gasteiger partial charge in [0.05, 0.1) is 6.54 Å². The minimum absolute atomic E-state index is 0. The van der Waals surface area contributed by atoms with Crippen LogP contribution in [0.25, 0.3) is 0 Å². The number of nitrogens with zero attached hydrogens (tertiary/aromatic N) is 5. The summed E-state index contributed by atoms with van der Waals surface area (Å²) in [7, 11) is 2.12. The average Bonchev–Trinajstić information content (AvgIpc) is 3.30. The molecule has 0 aliphatic carbocycles. The molecule has 1 unspecified atom stereocenters. The molecule has 3 heterocycles. The maximum atomic E-state index is 12.3. The van der Waals surface area contributed by atoms with Crippen molar-refractivity contribution in [2.75, 3.05) is 52.9 Å². The Bertz CT molecular complexity index is 594. The van der Waals surface area contributed by atoms with Gasteiger partial charge in [0, 0.05) is 57.6 Å². The van der Waals surface area contributed by atoms with Crippen molar-refractivity contribution < 1.29 is 9.32 Å². The van der Waals surface area contributed by atoms with Crippen molar-refractivity contribution in [2.24, 2.45) is 0 Å². The van der Waals surface area contributed by atoms with Crippen LogP contribution in [0.15, 0.2) is 4.52 Å². The summed E-state index contributed by atoms with van der Waals surface area (Å²) in [6, 6.07) is 0.477. The average molecular weight is 437 g/mol. The summed E-state index contributed by atoms with van der Waals surface area (Å²) in [5.74, 6) is 2.00. The van der Waals surface area contributed by atoms with Crippen LogP contribution in [0.2, 0.25) is 0 Å². The molecule has 2 fully saturated rings. The molecule has 28 heavy (non-hydrogen) atoms. The van der Waals surface area contributed by atoms with E-state index < -0.39 is 0 Å². The smallest absolute Gasteiger partial charge is 0.229 e. The molecule has 1 aromatic rings. The number of nitrogens with one attached hydrogen (secondary N) is 1. The number of piperazine rings is 1. The maximum absolute atomic E-state index is 12.3. The van der Waals surface area contributed by atoms with Crippen molar-refractivity contribution in [3.63, 3.8) is 0 Å². The molecule has 1 N–H and O–H groups in total. The van der Waals surface area contributed by atoms with E-state index in [0.29, 0.717) is 24.9 Å². The Hall–Kier alpha value is -0.930. The van der Waals surface area contributed by atoms with Gasteiger partial charge >= 0.3 is 0 Å². The van der Waals surface area contributed by atoms with Crippen molar-refractivity contribution in [3.05, 3.63) is 11.7 Å². The molecule has 3 rings (SSSR count). The summed E-state index contributed by atoms with van der Waals surface area (Å²) in [6.45, 7) is 11.2. The number of likely N-dealkylation sites (tertiary alicyclic amines) is 1. The maximum Gasteiger partial charge on any atom is 0.229 e. The highest BCUT2D eigenvalue weighted by molar-refractivity contribution is 5.85. The van der Waals surface area contributed by atoms with Crippen LogP contribution >= 0.6 is 24.8 Å². The van der Waals surface area contributed by atoms with Crippen molar-refractivity contribution in [2.45, 2.75) is 45.2 Å². The molecule has 162 valence electrons. The lowest BCUT2D eigenvalue weighted by Crippen LogP contribution is -2.47. The number of carbonyl (C=O) groups is 1. The Kier molecular flexibility index (Phi) is 10.7. The molecule has 1 atom stereocenters. The van der Waals surface area contributed by atoms with E-state index in [1.807, 2.05) is 4.90 Å². The van der Waals surface area contributed by atoms with Crippen LogP contribution in [-0.4, -0.2) is 89.7 Å². The summed E-state index contributed by atoms with van der Waals surface area (Å²) in [6.07, 6.45) is 1.74. The summed E-state index contributed by atoms with van der Waals surface area (Å²) >= 11 is 0. The molecule has 2 saturated heterocycles. The van der Waals surface area contributed by atoms with Crippen LogP contribution in [0.1, 0.15) is 44.3 Å². The topological polar surface area (TPSA) is 77.7 Å². The van der Waals surface area contributed by atoms with E-state index in [0.717, 1.165) is 58.1 Å². The first kappa shape index (κ1) is 25.1. The first-order valence-electron chi connectivity index (χ1n) is 9.76. The normalized spacial score (nSPS) is 20.3. The molecule has 0 bridgehead atoms. The Morgan fingerprint density at radius 2 is 2.00 bits per heavy atom. The molecule has 0 saturated carbocycles. The van der Waals surface area contributed by atoms with Gasteiger partial charge in [-0.15, -0.1) is 24.8 Å². The molecule has 2 aliphatic heterocycles. The van der Waals surface area contributed by atoms with E-state index in [1.165, 1.54) is 0 Å². The second kappa shape index (κ2) is 11.9. The zero-order chi connectivity index (χ0) is 18.5. The summed E-state index contributed by atoms with van der Waals surface area (Å²) in [5, 5.41) is 7.37. The largest absolute Gasteiger partial charge is 0.340 e. The van der Waals surface area contributed by atoms with Gasteiger partial charge in [0.25, 0.3) is 0 Å². The molecular weight excluding hydrogens is 403 g/mol. The minimum atomic E-state index is 0. The SMILES string of the molecule is CC(C)c1nc(CN(C)C2CCN(CCC(=O)N3CCNCC3)C2)no1.Cl.Cl. The summed E-state index contributed by atoms with van der Waals surface area (Å²) < 4.78 is 5.29. The number of rotatable bonds is 7. The van der Waals surface area contributed by atoms with Gasteiger partial charge in [0.2, 0.25) is 11.8 Å². The fraction of sp³-hybridized carbons (Fsp3) is 0.833. The van der Waals surface area contributed by atoms with E-state index in [-0.39, 0.29) is 36.6 Å². The Labute approximate surface area is 180 Å². The molecule has 8 nitrogen and oxygen atoms in total. The highest BCUT2D eigenvalue weighted by Crippen LogP contribution is 2.17. The number of aromatic nitrogens is 2. The van der Waals surface area contributed by atoms with Gasteiger partial charge < -0.3 is 19.6 Å². The lowest BCUT2D eigenvalue weighted by Gasteiger charge is -2.28. The van der Waals surface area contributed by atoms with Gasteiger partial charge in [-0.1, -0.05) is 19.0 Å². The van der Waals surface area contributed by atoms with Gasteiger partial charge in [-0.3, -0.25) is 9.69 Å². The van der Waals surface area contributed by atoms with Gasteiger partial charge in [0.1, 0.15) is 0 Å². The number of halogens is 2. The van der Waals surface area contributed by atoms with Crippen molar-refractivity contribution >= 4 is 30.7 Å². The van der Waals surface area contributed by atoms with Gasteiger partial charge in [-0.25, -0.2) is 0 Å². The third kappa shape index (κ3) is 6.84. The highest BCUT2D eigenvalue weighted by Gasteiger charge is 2.27. The second-order valence-electron chi connectivity index (χ2n) is 7.74. The van der Waals surface area contributed by atoms with Crippen molar-refractivity contribution in [3.8, 4) is 0 Å². The number of amides is 1. The second-order valence-corrected chi connectivity index (χ2v) is 7.74. The first-order chi connectivity index (χ1) is 12.5. The molecule has 1 aromatic heterocycles. The Morgan fingerprint density at radius 1 is 1.29 bits per heavy atom. The van der Waals surface area contributed by atoms with E-state index in [9.17, 15) is 4.79 Å². The Balaban J connectivity index is 0.00000196. The number of carbonyl (C=O) groups excluding carboxylic acids is 1. The van der Waals surface area contributed by atoms with Crippen LogP contribution < -0.4 is 5.32 Å². The highest BCUT2D eigenvalue weighted by atomic mass is 35.5. The predicted molar refractivity (Wildman–Crippen MR) is 113 cm³/mol. The predicted octanol–water partition coefficient (Wildman–Crippen LogP) is 1.36. The summed E-state index contributed by atoms with van der Waals surface area (Å²) in [5.41, 5.74) is 0. The monoisotopic (exact) mass is 436 g/mol. The number of hydrogen-bond acceptors (Lipinski definition) is 7. The molecule has 0 radical (unpaired) electrons. The van der Waals surface area contributed by atoms with Crippen LogP contribution in [0.3, 0.4) is 0 Å².